The van der Waals surface area contributed by atoms with E-state index < -0.39 is 6.10 Å². The Morgan fingerprint density at radius 2 is 0.600 bits per heavy atom. The van der Waals surface area contributed by atoms with Gasteiger partial charge in [-0.2, -0.15) is 0 Å². The molecule has 0 aliphatic heterocycles. The lowest BCUT2D eigenvalue weighted by Gasteiger charge is -2.18. The van der Waals surface area contributed by atoms with Crippen molar-refractivity contribution in [2.45, 2.75) is 272 Å². The van der Waals surface area contributed by atoms with Gasteiger partial charge in [-0.15, -0.1) is 0 Å². The number of hydrogen-bond acceptors (Lipinski definition) is 6. The molecule has 0 aromatic rings. The molecule has 0 amide bonds. The second-order valence-corrected chi connectivity index (χ2v) is 17.7. The van der Waals surface area contributed by atoms with E-state index in [0.29, 0.717) is 19.3 Å². The quantitative estimate of drug-likeness (QED) is 0.0348. The maximum atomic E-state index is 12.7. The topological polar surface area (TPSA) is 78.9 Å². The zero-order valence-electron chi connectivity index (χ0n) is 37.6. The van der Waals surface area contributed by atoms with Gasteiger partial charge in [-0.05, 0) is 31.1 Å². The summed E-state index contributed by atoms with van der Waals surface area (Å²) in [6, 6.07) is 0. The van der Waals surface area contributed by atoms with Gasteiger partial charge in [0.05, 0.1) is 0 Å². The molecular weight excluding hydrogens is 685 g/mol. The summed E-state index contributed by atoms with van der Waals surface area (Å²) in [4.78, 5) is 37.8. The Bertz CT molecular complexity index is 839. The molecule has 0 heterocycles. The zero-order chi connectivity index (χ0) is 40.5. The number of rotatable bonds is 43. The highest BCUT2D eigenvalue weighted by Crippen LogP contribution is 2.17. The van der Waals surface area contributed by atoms with Gasteiger partial charge in [-0.25, -0.2) is 0 Å². The van der Waals surface area contributed by atoms with E-state index in [-0.39, 0.29) is 31.1 Å². The summed E-state index contributed by atoms with van der Waals surface area (Å²) in [7, 11) is 0. The van der Waals surface area contributed by atoms with Crippen LogP contribution in [0.3, 0.4) is 0 Å². The molecule has 0 bridgehead atoms. The summed E-state index contributed by atoms with van der Waals surface area (Å²) in [5.74, 6) is 0.750. The Kier molecular flexibility index (Phi) is 40.8. The number of esters is 3. The van der Waals surface area contributed by atoms with Crippen LogP contribution in [0, 0.1) is 11.8 Å². The van der Waals surface area contributed by atoms with Crippen LogP contribution in [0.5, 0.6) is 0 Å². The second-order valence-electron chi connectivity index (χ2n) is 17.7. The first-order valence-corrected chi connectivity index (χ1v) is 24.2. The average Bonchev–Trinajstić information content (AvgIpc) is 3.15. The Morgan fingerprint density at radius 3 is 0.891 bits per heavy atom. The lowest BCUT2D eigenvalue weighted by Crippen LogP contribution is -2.30. The normalized spacial score (nSPS) is 12.1. The third kappa shape index (κ3) is 43.4. The van der Waals surface area contributed by atoms with Crippen molar-refractivity contribution in [3.8, 4) is 0 Å². The highest BCUT2D eigenvalue weighted by molar-refractivity contribution is 5.71. The molecule has 6 heteroatoms. The molecule has 0 spiro atoms. The molecule has 6 nitrogen and oxygen atoms in total. The van der Waals surface area contributed by atoms with E-state index in [1.807, 2.05) is 0 Å². The molecule has 0 aliphatic carbocycles. The van der Waals surface area contributed by atoms with E-state index in [1.165, 1.54) is 154 Å². The van der Waals surface area contributed by atoms with Gasteiger partial charge >= 0.3 is 17.9 Å². The maximum Gasteiger partial charge on any atom is 0.306 e. The molecule has 1 atom stereocenters. The fourth-order valence-corrected chi connectivity index (χ4v) is 7.28. The molecule has 0 aliphatic rings. The summed E-state index contributed by atoms with van der Waals surface area (Å²) >= 11 is 0. The summed E-state index contributed by atoms with van der Waals surface area (Å²) in [5, 5.41) is 0. The smallest absolute Gasteiger partial charge is 0.306 e. The fourth-order valence-electron chi connectivity index (χ4n) is 7.28. The number of hydrogen-bond donors (Lipinski definition) is 0. The molecular formula is C49H94O6. The number of carbonyl (C=O) groups is 3. The van der Waals surface area contributed by atoms with Gasteiger partial charge in [0.15, 0.2) is 6.10 Å². The van der Waals surface area contributed by atoms with Gasteiger partial charge in [0.25, 0.3) is 0 Å². The third-order valence-corrected chi connectivity index (χ3v) is 11.0. The number of ether oxygens (including phenoxy) is 3. The molecule has 0 fully saturated rings. The van der Waals surface area contributed by atoms with Gasteiger partial charge in [-0.1, -0.05) is 227 Å². The Hall–Kier alpha value is -1.59. The van der Waals surface area contributed by atoms with E-state index in [1.54, 1.807) is 0 Å². The summed E-state index contributed by atoms with van der Waals surface area (Å²) < 4.78 is 16.8. The predicted molar refractivity (Wildman–Crippen MR) is 233 cm³/mol. The minimum Gasteiger partial charge on any atom is -0.462 e. The molecule has 0 saturated carbocycles. The van der Waals surface area contributed by atoms with Crippen molar-refractivity contribution in [3.63, 3.8) is 0 Å². The minimum absolute atomic E-state index is 0.0649. The van der Waals surface area contributed by atoms with Gasteiger partial charge in [-0.3, -0.25) is 14.4 Å². The van der Waals surface area contributed by atoms with Crippen molar-refractivity contribution < 1.29 is 28.6 Å². The van der Waals surface area contributed by atoms with E-state index in [9.17, 15) is 14.4 Å². The average molecular weight is 779 g/mol. The molecule has 55 heavy (non-hydrogen) atoms. The van der Waals surface area contributed by atoms with Crippen LogP contribution in [-0.4, -0.2) is 37.2 Å². The van der Waals surface area contributed by atoms with Gasteiger partial charge in [0.2, 0.25) is 0 Å². The molecule has 326 valence electrons. The Morgan fingerprint density at radius 1 is 0.345 bits per heavy atom. The van der Waals surface area contributed by atoms with Gasteiger partial charge in [0, 0.05) is 19.3 Å². The Balaban J connectivity index is 4.33. The van der Waals surface area contributed by atoms with Crippen molar-refractivity contribution in [3.05, 3.63) is 0 Å². The van der Waals surface area contributed by atoms with Crippen LogP contribution in [-0.2, 0) is 28.6 Å². The standard InChI is InChI=1S/C49H94O6/c1-6-7-8-9-10-11-12-13-14-15-18-26-31-36-41-49(52)55-46(43-54-48(51)40-35-30-25-21-20-23-28-33-38-45(4)5)42-53-47(50)39-34-29-24-19-16-17-22-27-32-37-44(2)3/h44-46H,6-43H2,1-5H3/t46-/m1/s1. The highest BCUT2D eigenvalue weighted by atomic mass is 16.6. The molecule has 0 rings (SSSR count). The largest absolute Gasteiger partial charge is 0.462 e. The second kappa shape index (κ2) is 42.0. The molecule has 0 saturated heterocycles. The van der Waals surface area contributed by atoms with E-state index in [2.05, 4.69) is 34.6 Å². The van der Waals surface area contributed by atoms with Crippen molar-refractivity contribution in [2.24, 2.45) is 11.8 Å². The van der Waals surface area contributed by atoms with Crippen LogP contribution < -0.4 is 0 Å². The molecule has 0 unspecified atom stereocenters. The van der Waals surface area contributed by atoms with E-state index >= 15 is 0 Å². The van der Waals surface area contributed by atoms with Crippen LogP contribution in [0.4, 0.5) is 0 Å². The van der Waals surface area contributed by atoms with Crippen LogP contribution in [0.15, 0.2) is 0 Å². The number of carbonyl (C=O) groups excluding carboxylic acids is 3. The molecule has 0 radical (unpaired) electrons. The van der Waals surface area contributed by atoms with Crippen LogP contribution in [0.2, 0.25) is 0 Å². The van der Waals surface area contributed by atoms with Crippen molar-refractivity contribution in [1.82, 2.24) is 0 Å². The van der Waals surface area contributed by atoms with Gasteiger partial charge < -0.3 is 14.2 Å². The molecule has 0 N–H and O–H groups in total. The fraction of sp³-hybridized carbons (Fsp3) is 0.939. The Labute approximate surface area is 342 Å². The lowest BCUT2D eigenvalue weighted by atomic mass is 10.0. The first-order chi connectivity index (χ1) is 26.7. The highest BCUT2D eigenvalue weighted by Gasteiger charge is 2.19. The van der Waals surface area contributed by atoms with E-state index in [0.717, 1.165) is 69.6 Å². The van der Waals surface area contributed by atoms with Gasteiger partial charge in [0.1, 0.15) is 13.2 Å². The van der Waals surface area contributed by atoms with Crippen LogP contribution in [0.25, 0.3) is 0 Å². The summed E-state index contributed by atoms with van der Waals surface area (Å²) in [5.41, 5.74) is 0. The SMILES string of the molecule is CCCCCCCCCCCCCCCCC(=O)O[C@H](COC(=O)CCCCCCCCCCCC(C)C)COC(=O)CCCCCCCCCCC(C)C. The first-order valence-electron chi connectivity index (χ1n) is 24.2. The van der Waals surface area contributed by atoms with Crippen molar-refractivity contribution in [1.29, 1.82) is 0 Å². The van der Waals surface area contributed by atoms with Crippen molar-refractivity contribution >= 4 is 17.9 Å². The lowest BCUT2D eigenvalue weighted by molar-refractivity contribution is -0.167. The molecule has 0 aromatic carbocycles. The van der Waals surface area contributed by atoms with Crippen molar-refractivity contribution in [2.75, 3.05) is 13.2 Å². The summed E-state index contributed by atoms with van der Waals surface area (Å²) in [6.45, 7) is 11.3. The molecule has 0 aromatic heterocycles. The maximum absolute atomic E-state index is 12.7. The third-order valence-electron chi connectivity index (χ3n) is 11.0. The number of unbranched alkanes of at least 4 members (excludes halogenated alkanes) is 28. The minimum atomic E-state index is -0.761. The van der Waals surface area contributed by atoms with Crippen LogP contribution in [0.1, 0.15) is 266 Å². The monoisotopic (exact) mass is 779 g/mol. The van der Waals surface area contributed by atoms with Crippen LogP contribution >= 0.6 is 0 Å². The predicted octanol–water partition coefficient (Wildman–Crippen LogP) is 15.4. The summed E-state index contributed by atoms with van der Waals surface area (Å²) in [6.07, 6.45) is 40.9. The van der Waals surface area contributed by atoms with E-state index in [4.69, 9.17) is 14.2 Å². The first kappa shape index (κ1) is 53.4. The zero-order valence-corrected chi connectivity index (χ0v) is 37.6.